The number of nitrogens with zero attached hydrogens (tertiary/aromatic N) is 2. The monoisotopic (exact) mass is 440 g/mol. The predicted molar refractivity (Wildman–Crippen MR) is 111 cm³/mol. The number of piperazine rings is 1. The van der Waals surface area contributed by atoms with Crippen LogP contribution in [0.4, 0.5) is 5.69 Å². The molecule has 0 spiro atoms. The number of hydrogen-bond acceptors (Lipinski definition) is 6. The molecule has 6 nitrogen and oxygen atoms in total. The molecule has 0 N–H and O–H groups in total. The first-order valence-corrected chi connectivity index (χ1v) is 12.1. The van der Waals surface area contributed by atoms with E-state index in [2.05, 4.69) is 6.07 Å². The van der Waals surface area contributed by atoms with Gasteiger partial charge < -0.3 is 9.64 Å². The number of halogens is 1. The number of carbonyl (C=O) groups is 1. The van der Waals surface area contributed by atoms with Crippen LogP contribution < -0.4 is 9.64 Å². The van der Waals surface area contributed by atoms with E-state index in [9.17, 15) is 13.2 Å². The molecular formula is C19H21ClN2O4S2. The number of benzene rings is 1. The summed E-state index contributed by atoms with van der Waals surface area (Å²) in [7, 11) is -1.69. The Bertz CT molecular complexity index is 978. The largest absolute Gasteiger partial charge is 0.495 e. The van der Waals surface area contributed by atoms with Gasteiger partial charge in [-0.05, 0) is 36.1 Å². The third-order valence-corrected chi connectivity index (χ3v) is 8.27. The van der Waals surface area contributed by atoms with Crippen molar-refractivity contribution in [1.82, 2.24) is 4.90 Å². The van der Waals surface area contributed by atoms with E-state index in [0.29, 0.717) is 23.0 Å². The second-order valence-corrected chi connectivity index (χ2v) is 10.7. The van der Waals surface area contributed by atoms with Crippen molar-refractivity contribution in [2.24, 2.45) is 0 Å². The van der Waals surface area contributed by atoms with Crippen LogP contribution >= 0.6 is 22.9 Å². The van der Waals surface area contributed by atoms with Gasteiger partial charge in [-0.25, -0.2) is 8.42 Å². The van der Waals surface area contributed by atoms with Gasteiger partial charge >= 0.3 is 0 Å². The van der Waals surface area contributed by atoms with Gasteiger partial charge in [0.1, 0.15) is 5.75 Å². The maximum Gasteiger partial charge on any atom is 0.241 e. The Balaban J connectivity index is 1.62. The third kappa shape index (κ3) is 3.78. The molecule has 2 aliphatic rings. The average Bonchev–Trinajstić information content (AvgIpc) is 3.26. The van der Waals surface area contributed by atoms with Crippen molar-refractivity contribution in [1.29, 1.82) is 0 Å². The second-order valence-electron chi connectivity index (χ2n) is 7.09. The van der Waals surface area contributed by atoms with Crippen LogP contribution in [-0.2, 0) is 21.1 Å². The second kappa shape index (κ2) is 7.67. The fourth-order valence-corrected chi connectivity index (χ4v) is 6.98. The summed E-state index contributed by atoms with van der Waals surface area (Å²) in [6.45, 7) is 0.867. The molecule has 1 aromatic heterocycles. The van der Waals surface area contributed by atoms with Crippen LogP contribution in [0.3, 0.4) is 0 Å². The molecule has 1 amide bonds. The van der Waals surface area contributed by atoms with Crippen LogP contribution in [0.25, 0.3) is 0 Å². The van der Waals surface area contributed by atoms with Gasteiger partial charge in [-0.3, -0.25) is 9.69 Å². The van der Waals surface area contributed by atoms with Crippen LogP contribution in [0.1, 0.15) is 4.88 Å². The van der Waals surface area contributed by atoms with Crippen molar-refractivity contribution >= 4 is 44.4 Å². The van der Waals surface area contributed by atoms with E-state index in [4.69, 9.17) is 16.3 Å². The molecule has 2 saturated heterocycles. The number of sulfone groups is 1. The lowest BCUT2D eigenvalue weighted by Crippen LogP contribution is -2.62. The van der Waals surface area contributed by atoms with Crippen molar-refractivity contribution < 1.29 is 17.9 Å². The highest BCUT2D eigenvalue weighted by atomic mass is 35.5. The number of amides is 1. The zero-order chi connectivity index (χ0) is 19.9. The standard InChI is InChI=1S/C19H21ClN2O4S2/c1-26-18-5-4-13(9-15(18)20)22-17-12-28(24,25)11-16(17)21(10-19(22)23)7-6-14-3-2-8-27-14/h2-5,8-9,16-17H,6-7,10-12H2,1H3/t16-,17-/m1/s1. The van der Waals surface area contributed by atoms with E-state index in [1.54, 1.807) is 34.4 Å². The zero-order valence-electron chi connectivity index (χ0n) is 15.4. The van der Waals surface area contributed by atoms with Crippen LogP contribution in [0.15, 0.2) is 35.7 Å². The summed E-state index contributed by atoms with van der Waals surface area (Å²) in [5.74, 6) is 0.465. The topological polar surface area (TPSA) is 66.9 Å². The summed E-state index contributed by atoms with van der Waals surface area (Å²) in [5, 5.41) is 2.42. The lowest BCUT2D eigenvalue weighted by molar-refractivity contribution is -0.123. The van der Waals surface area contributed by atoms with Gasteiger partial charge in [0.05, 0.1) is 36.2 Å². The average molecular weight is 441 g/mol. The molecule has 0 bridgehead atoms. The van der Waals surface area contributed by atoms with Crippen molar-refractivity contribution in [2.75, 3.05) is 36.6 Å². The Labute approximate surface area is 173 Å². The number of fused-ring (bicyclic) bond motifs is 1. The van der Waals surface area contributed by atoms with Crippen LogP contribution in [-0.4, -0.2) is 63.0 Å². The predicted octanol–water partition coefficient (Wildman–Crippen LogP) is 2.47. The molecule has 28 heavy (non-hydrogen) atoms. The summed E-state index contributed by atoms with van der Waals surface area (Å²) in [5.41, 5.74) is 0.612. The Kier molecular flexibility index (Phi) is 5.39. The van der Waals surface area contributed by atoms with Crippen molar-refractivity contribution in [3.8, 4) is 5.75 Å². The number of ether oxygens (including phenoxy) is 1. The molecular weight excluding hydrogens is 420 g/mol. The van der Waals surface area contributed by atoms with Crippen molar-refractivity contribution in [3.63, 3.8) is 0 Å². The Morgan fingerprint density at radius 2 is 2.04 bits per heavy atom. The van der Waals surface area contributed by atoms with Gasteiger partial charge in [-0.2, -0.15) is 0 Å². The van der Waals surface area contributed by atoms with Crippen LogP contribution in [0.2, 0.25) is 5.02 Å². The molecule has 2 fully saturated rings. The van der Waals surface area contributed by atoms with E-state index in [0.717, 1.165) is 6.42 Å². The Hall–Kier alpha value is -1.61. The van der Waals surface area contributed by atoms with Gasteiger partial charge in [0.2, 0.25) is 5.91 Å². The minimum absolute atomic E-state index is 0.0252. The van der Waals surface area contributed by atoms with Gasteiger partial charge in [0.15, 0.2) is 9.84 Å². The van der Waals surface area contributed by atoms with E-state index in [1.807, 2.05) is 16.3 Å². The number of anilines is 1. The van der Waals surface area contributed by atoms with Gasteiger partial charge in [0.25, 0.3) is 0 Å². The molecule has 0 unspecified atom stereocenters. The molecule has 0 radical (unpaired) electrons. The van der Waals surface area contributed by atoms with Gasteiger partial charge in [-0.15, -0.1) is 11.3 Å². The van der Waals surface area contributed by atoms with Crippen molar-refractivity contribution in [3.05, 3.63) is 45.6 Å². The summed E-state index contributed by atoms with van der Waals surface area (Å²) >= 11 is 7.91. The van der Waals surface area contributed by atoms with Crippen LogP contribution in [0, 0.1) is 0 Å². The maximum absolute atomic E-state index is 13.0. The smallest absolute Gasteiger partial charge is 0.241 e. The highest BCUT2D eigenvalue weighted by Gasteiger charge is 2.49. The lowest BCUT2D eigenvalue weighted by atomic mass is 10.0. The quantitative estimate of drug-likeness (QED) is 0.714. The molecule has 2 aromatic rings. The van der Waals surface area contributed by atoms with Crippen molar-refractivity contribution in [2.45, 2.75) is 18.5 Å². The number of hydrogen-bond donors (Lipinski definition) is 0. The first-order valence-electron chi connectivity index (χ1n) is 9.00. The fourth-order valence-electron chi connectivity index (χ4n) is 4.05. The number of thiophene rings is 1. The Morgan fingerprint density at radius 3 is 2.71 bits per heavy atom. The number of methoxy groups -OCH3 is 1. The summed E-state index contributed by atoms with van der Waals surface area (Å²) in [6.07, 6.45) is 0.808. The number of rotatable bonds is 5. The fraction of sp³-hybridized carbons (Fsp3) is 0.421. The highest BCUT2D eigenvalue weighted by molar-refractivity contribution is 7.91. The van der Waals surface area contributed by atoms with Crippen LogP contribution in [0.5, 0.6) is 5.75 Å². The highest BCUT2D eigenvalue weighted by Crippen LogP contribution is 2.35. The molecule has 9 heteroatoms. The first kappa shape index (κ1) is 19.7. The molecule has 2 atom stereocenters. The molecule has 4 rings (SSSR count). The normalized spacial score (nSPS) is 24.4. The van der Waals surface area contributed by atoms with E-state index >= 15 is 0 Å². The lowest BCUT2D eigenvalue weighted by Gasteiger charge is -2.43. The molecule has 3 heterocycles. The maximum atomic E-state index is 13.0. The Morgan fingerprint density at radius 1 is 1.25 bits per heavy atom. The summed E-state index contributed by atoms with van der Waals surface area (Å²) < 4.78 is 30.0. The summed E-state index contributed by atoms with van der Waals surface area (Å²) in [4.78, 5) is 17.9. The molecule has 0 saturated carbocycles. The minimum atomic E-state index is -3.21. The first-order chi connectivity index (χ1) is 13.4. The molecule has 2 aliphatic heterocycles. The third-order valence-electron chi connectivity index (χ3n) is 5.34. The van der Waals surface area contributed by atoms with E-state index in [1.165, 1.54) is 12.0 Å². The summed E-state index contributed by atoms with van der Waals surface area (Å²) in [6, 6.07) is 8.58. The number of carbonyl (C=O) groups excluding carboxylic acids is 1. The molecule has 0 aliphatic carbocycles. The van der Waals surface area contributed by atoms with Gasteiger partial charge in [0, 0.05) is 23.2 Å². The minimum Gasteiger partial charge on any atom is -0.495 e. The zero-order valence-corrected chi connectivity index (χ0v) is 17.8. The SMILES string of the molecule is COc1ccc(N2C(=O)CN(CCc3cccs3)[C@@H]3CS(=O)(=O)C[C@H]32)cc1Cl. The van der Waals surface area contributed by atoms with E-state index in [-0.39, 0.29) is 30.0 Å². The van der Waals surface area contributed by atoms with Gasteiger partial charge in [-0.1, -0.05) is 17.7 Å². The molecule has 1 aromatic carbocycles. The molecule has 150 valence electrons. The van der Waals surface area contributed by atoms with E-state index < -0.39 is 15.9 Å².